The summed E-state index contributed by atoms with van der Waals surface area (Å²) in [5, 5.41) is 34.9. The summed E-state index contributed by atoms with van der Waals surface area (Å²) in [5.74, 6) is -3.33. The average molecular weight is 577 g/mol. The van der Waals surface area contributed by atoms with Crippen molar-refractivity contribution < 1.29 is 34.2 Å². The Hall–Kier alpha value is -3.96. The summed E-state index contributed by atoms with van der Waals surface area (Å²) in [6, 6.07) is 4.17. The van der Waals surface area contributed by atoms with Gasteiger partial charge in [-0.1, -0.05) is 23.9 Å². The Bertz CT molecular complexity index is 1350. The van der Waals surface area contributed by atoms with Crippen LogP contribution in [-0.2, 0) is 37.4 Å². The number of nitrogens with two attached hydrogens (primary N) is 1. The molecule has 2 aliphatic rings. The predicted octanol–water partition coefficient (Wildman–Crippen LogP) is -0.976. The van der Waals surface area contributed by atoms with Gasteiger partial charge >= 0.3 is 11.9 Å². The molecule has 3 atom stereocenters. The van der Waals surface area contributed by atoms with Crippen molar-refractivity contribution in [3.63, 3.8) is 0 Å². The third-order valence-corrected chi connectivity index (χ3v) is 8.28. The normalized spacial score (nSPS) is 19.1. The van der Waals surface area contributed by atoms with E-state index in [9.17, 15) is 29.1 Å². The molecule has 1 aromatic carbocycles. The van der Waals surface area contributed by atoms with Gasteiger partial charge in [0.15, 0.2) is 0 Å². The molecule has 0 saturated carbocycles. The van der Waals surface area contributed by atoms with Crippen LogP contribution in [0.25, 0.3) is 0 Å². The Morgan fingerprint density at radius 2 is 1.92 bits per heavy atom. The fraction of sp³-hybridized carbons (Fsp3) is 0.364. The zero-order valence-corrected chi connectivity index (χ0v) is 22.1. The number of anilines is 1. The molecule has 4 rings (SSSR count). The summed E-state index contributed by atoms with van der Waals surface area (Å²) in [7, 11) is 1.67. The second-order valence-electron chi connectivity index (χ2n) is 8.66. The van der Waals surface area contributed by atoms with Crippen LogP contribution >= 0.6 is 23.5 Å². The molecule has 0 unspecified atom stereocenters. The number of carbonyl (C=O) groups is 5. The third kappa shape index (κ3) is 6.37. The molecule has 0 aliphatic carbocycles. The molecule has 1 saturated heterocycles. The van der Waals surface area contributed by atoms with Gasteiger partial charge in [-0.2, -0.15) is 0 Å². The van der Waals surface area contributed by atoms with Crippen LogP contribution in [-0.4, -0.2) is 93.9 Å². The number of carboxylic acids is 2. The van der Waals surface area contributed by atoms with E-state index in [2.05, 4.69) is 26.2 Å². The number of carboxylic acid groups (broad SMARTS) is 2. The Morgan fingerprint density at radius 1 is 1.21 bits per heavy atom. The Kier molecular flexibility index (Phi) is 8.51. The number of rotatable bonds is 11. The van der Waals surface area contributed by atoms with E-state index in [1.807, 2.05) is 0 Å². The van der Waals surface area contributed by atoms with Gasteiger partial charge < -0.3 is 26.6 Å². The van der Waals surface area contributed by atoms with Crippen LogP contribution in [0.4, 0.5) is 5.69 Å². The summed E-state index contributed by atoms with van der Waals surface area (Å²) in [6.07, 6.45) is -0.433. The number of tetrazole rings is 1. The van der Waals surface area contributed by atoms with E-state index in [1.165, 1.54) is 33.1 Å². The maximum Gasteiger partial charge on any atom is 0.352 e. The number of benzene rings is 1. The summed E-state index contributed by atoms with van der Waals surface area (Å²) in [4.78, 5) is 61.4. The lowest BCUT2D eigenvalue weighted by molar-refractivity contribution is -0.150. The molecule has 17 heteroatoms. The lowest BCUT2D eigenvalue weighted by atomic mass is 10.0. The number of nitrogens with zero attached hydrogens (tertiary/aromatic N) is 5. The van der Waals surface area contributed by atoms with E-state index in [0.717, 1.165) is 0 Å². The second-order valence-corrected chi connectivity index (χ2v) is 10.7. The molecule has 6 N–H and O–H groups in total. The van der Waals surface area contributed by atoms with Gasteiger partial charge in [-0.25, -0.2) is 9.48 Å². The van der Waals surface area contributed by atoms with Gasteiger partial charge in [0.25, 0.3) is 5.91 Å². The van der Waals surface area contributed by atoms with Gasteiger partial charge in [0, 0.05) is 24.2 Å². The van der Waals surface area contributed by atoms with Gasteiger partial charge in [-0.3, -0.25) is 24.1 Å². The van der Waals surface area contributed by atoms with Gasteiger partial charge in [0.2, 0.25) is 17.0 Å². The lowest BCUT2D eigenvalue weighted by Gasteiger charge is -2.49. The number of aryl methyl sites for hydroxylation is 1. The minimum Gasteiger partial charge on any atom is -0.480 e. The number of carbonyl (C=O) groups excluding carboxylic acids is 3. The van der Waals surface area contributed by atoms with Crippen LogP contribution in [0.2, 0.25) is 0 Å². The molecule has 0 bridgehead atoms. The highest BCUT2D eigenvalue weighted by molar-refractivity contribution is 8.01. The molecular weight excluding hydrogens is 552 g/mol. The molecule has 1 fully saturated rings. The summed E-state index contributed by atoms with van der Waals surface area (Å²) < 4.78 is 1.46. The van der Waals surface area contributed by atoms with Gasteiger partial charge in [-0.05, 0) is 33.7 Å². The first-order valence-electron chi connectivity index (χ1n) is 11.5. The van der Waals surface area contributed by atoms with Crippen molar-refractivity contribution in [2.24, 2.45) is 12.8 Å². The largest absolute Gasteiger partial charge is 0.480 e. The van der Waals surface area contributed by atoms with E-state index in [0.29, 0.717) is 33.5 Å². The summed E-state index contributed by atoms with van der Waals surface area (Å²) >= 11 is 2.63. The molecule has 0 spiro atoms. The van der Waals surface area contributed by atoms with E-state index < -0.39 is 47.1 Å². The van der Waals surface area contributed by atoms with Crippen molar-refractivity contribution in [3.05, 3.63) is 41.1 Å². The number of aliphatic carboxylic acids is 2. The van der Waals surface area contributed by atoms with E-state index >= 15 is 0 Å². The molecule has 3 amide bonds. The molecule has 15 nitrogen and oxygen atoms in total. The first kappa shape index (κ1) is 28.1. The molecule has 206 valence electrons. The van der Waals surface area contributed by atoms with E-state index in [4.69, 9.17) is 10.8 Å². The average Bonchev–Trinajstić information content (AvgIpc) is 3.30. The molecular formula is C22H24N8O7S2. The number of hydrogen-bond donors (Lipinski definition) is 5. The van der Waals surface area contributed by atoms with Gasteiger partial charge in [0.1, 0.15) is 23.2 Å². The number of thioether (sulfide) groups is 2. The smallest absolute Gasteiger partial charge is 0.352 e. The maximum atomic E-state index is 12.9. The van der Waals surface area contributed by atoms with Crippen molar-refractivity contribution >= 4 is 58.9 Å². The van der Waals surface area contributed by atoms with Gasteiger partial charge in [-0.15, -0.1) is 16.9 Å². The second kappa shape index (κ2) is 11.8. The number of β-lactam (4-membered cyclic amide) rings is 1. The zero-order chi connectivity index (χ0) is 28.3. The van der Waals surface area contributed by atoms with Crippen LogP contribution in [0.5, 0.6) is 0 Å². The zero-order valence-electron chi connectivity index (χ0n) is 20.4. The highest BCUT2D eigenvalue weighted by atomic mass is 32.2. The molecule has 2 aliphatic heterocycles. The fourth-order valence-corrected chi connectivity index (χ4v) is 6.24. The molecule has 3 heterocycles. The van der Waals surface area contributed by atoms with Crippen LogP contribution in [0.1, 0.15) is 12.0 Å². The monoisotopic (exact) mass is 576 g/mol. The fourth-order valence-electron chi connectivity index (χ4n) is 3.90. The van der Waals surface area contributed by atoms with Crippen molar-refractivity contribution in [3.8, 4) is 0 Å². The maximum absolute atomic E-state index is 12.9. The quantitative estimate of drug-likeness (QED) is 0.160. The Morgan fingerprint density at radius 3 is 2.54 bits per heavy atom. The highest BCUT2D eigenvalue weighted by Gasteiger charge is 2.54. The lowest BCUT2D eigenvalue weighted by Crippen LogP contribution is -2.70. The van der Waals surface area contributed by atoms with Gasteiger partial charge in [0.05, 0.1) is 12.8 Å². The molecule has 2 aromatic rings. The SMILES string of the molecule is Cn1nnnc1SCC1=C(C(=O)O)N2C(=O)[C@@H](NC(=O)Cc3ccc(NC(=O)C[C@@H](N)C(=O)O)cc3)[C@H]2SC1. The summed E-state index contributed by atoms with van der Waals surface area (Å²) in [5.41, 5.74) is 6.84. The van der Waals surface area contributed by atoms with Crippen LogP contribution in [0.15, 0.2) is 40.7 Å². The standard InChI is InChI=1S/C22H24N8O7S2/c1-29-22(26-27-28-29)39-9-11-8-38-19-16(18(33)30(19)17(11)21(36)37)25-14(31)6-10-2-4-12(5-3-10)24-15(32)7-13(23)20(34)35/h2-5,13,16,19H,6-9,23H2,1H3,(H,24,32)(H,25,31)(H,34,35)(H,36,37)/t13-,16-,19-/m1/s1. The molecule has 1 aromatic heterocycles. The number of fused-ring (bicyclic) bond motifs is 1. The summed E-state index contributed by atoms with van der Waals surface area (Å²) in [6.45, 7) is 0. The van der Waals surface area contributed by atoms with Crippen LogP contribution < -0.4 is 16.4 Å². The van der Waals surface area contributed by atoms with Crippen LogP contribution in [0.3, 0.4) is 0 Å². The minimum absolute atomic E-state index is 0.0471. The Labute approximate surface area is 229 Å². The van der Waals surface area contributed by atoms with Crippen LogP contribution in [0, 0.1) is 0 Å². The van der Waals surface area contributed by atoms with Crippen molar-refractivity contribution in [2.75, 3.05) is 16.8 Å². The number of aromatic nitrogens is 4. The topological polar surface area (TPSA) is 223 Å². The minimum atomic E-state index is -1.31. The Balaban J connectivity index is 1.32. The first-order chi connectivity index (χ1) is 18.5. The van der Waals surface area contributed by atoms with Crippen molar-refractivity contribution in [1.29, 1.82) is 0 Å². The van der Waals surface area contributed by atoms with E-state index in [-0.39, 0.29) is 18.5 Å². The number of nitrogens with one attached hydrogen (secondary N) is 2. The number of hydrogen-bond acceptors (Lipinski definition) is 11. The molecule has 39 heavy (non-hydrogen) atoms. The first-order valence-corrected chi connectivity index (χ1v) is 13.5. The van der Waals surface area contributed by atoms with Crippen molar-refractivity contribution in [2.45, 2.75) is 35.5 Å². The molecule has 0 radical (unpaired) electrons. The number of amides is 3. The van der Waals surface area contributed by atoms with E-state index in [1.54, 1.807) is 31.3 Å². The third-order valence-electron chi connectivity index (χ3n) is 5.85. The predicted molar refractivity (Wildman–Crippen MR) is 138 cm³/mol. The highest BCUT2D eigenvalue weighted by Crippen LogP contribution is 2.41. The van der Waals surface area contributed by atoms with Crippen molar-refractivity contribution in [1.82, 2.24) is 30.4 Å².